The molecule has 0 atom stereocenters. The van der Waals surface area contributed by atoms with E-state index in [4.69, 9.17) is 33.7 Å². The number of benzene rings is 2. The second-order valence-electron chi connectivity index (χ2n) is 3.93. The minimum absolute atomic E-state index is 0.0547. The number of hydrogen-bond donors (Lipinski definition) is 1. The van der Waals surface area contributed by atoms with E-state index in [2.05, 4.69) is 0 Å². The maximum Gasteiger partial charge on any atom is 0.311 e. The van der Waals surface area contributed by atoms with Gasteiger partial charge in [0.25, 0.3) is 0 Å². The molecular weight excluding hydrogens is 303 g/mol. The highest BCUT2D eigenvalue weighted by atomic mass is 35.5. The Morgan fingerprint density at radius 1 is 1.20 bits per heavy atom. The molecular formula is C13H10Cl2N2O3. The van der Waals surface area contributed by atoms with Gasteiger partial charge in [0.05, 0.1) is 4.92 Å². The quantitative estimate of drug-likeness (QED) is 0.679. The zero-order chi connectivity index (χ0) is 14.7. The molecule has 0 bridgehead atoms. The van der Waals surface area contributed by atoms with E-state index in [1.807, 2.05) is 0 Å². The van der Waals surface area contributed by atoms with E-state index in [1.165, 1.54) is 18.2 Å². The molecule has 5 nitrogen and oxygen atoms in total. The monoisotopic (exact) mass is 312 g/mol. The summed E-state index contributed by atoms with van der Waals surface area (Å²) in [6, 6.07) is 8.98. The number of nitrogens with zero attached hydrogens (tertiary/aromatic N) is 1. The van der Waals surface area contributed by atoms with Gasteiger partial charge in [0.1, 0.15) is 5.75 Å². The van der Waals surface area contributed by atoms with E-state index < -0.39 is 4.92 Å². The fourth-order valence-electron chi connectivity index (χ4n) is 1.60. The van der Waals surface area contributed by atoms with Gasteiger partial charge < -0.3 is 10.5 Å². The van der Waals surface area contributed by atoms with Crippen LogP contribution >= 0.6 is 23.2 Å². The van der Waals surface area contributed by atoms with Gasteiger partial charge in [0.2, 0.25) is 5.75 Å². The molecule has 0 heterocycles. The van der Waals surface area contributed by atoms with Crippen LogP contribution in [0.2, 0.25) is 10.0 Å². The van der Waals surface area contributed by atoms with Gasteiger partial charge in [-0.1, -0.05) is 29.3 Å². The molecule has 2 rings (SSSR count). The predicted molar refractivity (Wildman–Crippen MR) is 77.5 cm³/mol. The molecule has 0 spiro atoms. The van der Waals surface area contributed by atoms with Crippen molar-refractivity contribution in [3.63, 3.8) is 0 Å². The Kier molecular flexibility index (Phi) is 4.44. The summed E-state index contributed by atoms with van der Waals surface area (Å²) < 4.78 is 5.48. The number of nitro groups is 1. The van der Waals surface area contributed by atoms with Crippen LogP contribution in [0.3, 0.4) is 0 Å². The van der Waals surface area contributed by atoms with Crippen molar-refractivity contribution in [3.8, 4) is 11.5 Å². The molecule has 0 aromatic heterocycles. The molecule has 2 aromatic rings. The molecule has 0 fully saturated rings. The molecule has 104 valence electrons. The van der Waals surface area contributed by atoms with E-state index in [0.717, 1.165) is 5.56 Å². The van der Waals surface area contributed by atoms with Crippen LogP contribution < -0.4 is 10.5 Å². The van der Waals surface area contributed by atoms with Gasteiger partial charge in [-0.25, -0.2) is 0 Å². The molecule has 0 aliphatic rings. The normalized spacial score (nSPS) is 10.3. The number of rotatable bonds is 4. The molecule has 2 aromatic carbocycles. The smallest absolute Gasteiger partial charge is 0.311 e. The Morgan fingerprint density at radius 2 is 1.95 bits per heavy atom. The van der Waals surface area contributed by atoms with Gasteiger partial charge >= 0.3 is 5.69 Å². The maximum absolute atomic E-state index is 10.9. The van der Waals surface area contributed by atoms with Crippen LogP contribution in [0, 0.1) is 10.1 Å². The topological polar surface area (TPSA) is 78.4 Å². The Balaban J connectivity index is 2.36. The summed E-state index contributed by atoms with van der Waals surface area (Å²) in [6.45, 7) is 0.302. The Morgan fingerprint density at radius 3 is 2.55 bits per heavy atom. The summed E-state index contributed by atoms with van der Waals surface area (Å²) in [7, 11) is 0. The fraction of sp³-hybridized carbons (Fsp3) is 0.0769. The minimum atomic E-state index is -0.540. The van der Waals surface area contributed by atoms with E-state index in [9.17, 15) is 10.1 Å². The van der Waals surface area contributed by atoms with Crippen molar-refractivity contribution in [2.75, 3.05) is 0 Å². The SMILES string of the molecule is NCc1ccc(Oc2cc(Cl)ccc2[N+](=O)[O-])cc1Cl. The highest BCUT2D eigenvalue weighted by molar-refractivity contribution is 6.31. The molecule has 20 heavy (non-hydrogen) atoms. The standard InChI is InChI=1S/C13H10Cl2N2O3/c14-9-2-4-12(17(18)19)13(5-9)20-10-3-1-8(7-16)11(15)6-10/h1-6H,7,16H2. The van der Waals surface area contributed by atoms with Gasteiger partial charge in [-0.2, -0.15) is 0 Å². The summed E-state index contributed by atoms with van der Waals surface area (Å²) in [4.78, 5) is 10.4. The lowest BCUT2D eigenvalue weighted by molar-refractivity contribution is -0.385. The molecule has 0 unspecified atom stereocenters. The van der Waals surface area contributed by atoms with Crippen LogP contribution in [0.4, 0.5) is 5.69 Å². The second kappa shape index (κ2) is 6.09. The highest BCUT2D eigenvalue weighted by Crippen LogP contribution is 2.34. The minimum Gasteiger partial charge on any atom is -0.450 e. The molecule has 7 heteroatoms. The molecule has 0 aliphatic carbocycles. The van der Waals surface area contributed by atoms with Crippen molar-refractivity contribution in [3.05, 3.63) is 62.1 Å². The summed E-state index contributed by atoms with van der Waals surface area (Å²) in [6.07, 6.45) is 0. The first kappa shape index (κ1) is 14.6. The highest BCUT2D eigenvalue weighted by Gasteiger charge is 2.16. The van der Waals surface area contributed by atoms with Gasteiger partial charge in [-0.05, 0) is 23.8 Å². The van der Waals surface area contributed by atoms with Gasteiger partial charge in [0, 0.05) is 28.7 Å². The summed E-state index contributed by atoms with van der Waals surface area (Å²) >= 11 is 11.8. The number of ether oxygens (including phenoxy) is 1. The average Bonchev–Trinajstić information content (AvgIpc) is 2.38. The van der Waals surface area contributed by atoms with Crippen LogP contribution in [-0.2, 0) is 6.54 Å². The van der Waals surface area contributed by atoms with Crippen LogP contribution in [0.5, 0.6) is 11.5 Å². The molecule has 0 saturated carbocycles. The summed E-state index contributed by atoms with van der Waals surface area (Å²) in [5, 5.41) is 11.7. The molecule has 0 aliphatic heterocycles. The first-order valence-corrected chi connectivity index (χ1v) is 6.37. The second-order valence-corrected chi connectivity index (χ2v) is 4.77. The third-order valence-corrected chi connectivity index (χ3v) is 3.18. The lowest BCUT2D eigenvalue weighted by Crippen LogP contribution is -1.97. The van der Waals surface area contributed by atoms with Gasteiger partial charge in [0.15, 0.2) is 0 Å². The van der Waals surface area contributed by atoms with Crippen LogP contribution in [0.1, 0.15) is 5.56 Å². The number of nitro benzene ring substituents is 1. The van der Waals surface area contributed by atoms with Crippen molar-refractivity contribution in [1.82, 2.24) is 0 Å². The number of halogens is 2. The van der Waals surface area contributed by atoms with Crippen LogP contribution in [0.15, 0.2) is 36.4 Å². The molecule has 0 amide bonds. The van der Waals surface area contributed by atoms with E-state index in [0.29, 0.717) is 22.3 Å². The van der Waals surface area contributed by atoms with Gasteiger partial charge in [-0.3, -0.25) is 10.1 Å². The first-order valence-electron chi connectivity index (χ1n) is 5.61. The predicted octanol–water partition coefficient (Wildman–Crippen LogP) is 4.15. The zero-order valence-corrected chi connectivity index (χ0v) is 11.7. The largest absolute Gasteiger partial charge is 0.450 e. The number of nitrogens with two attached hydrogens (primary N) is 1. The Hall–Kier alpha value is -1.82. The Bertz CT molecular complexity index is 662. The van der Waals surface area contributed by atoms with Crippen molar-refractivity contribution in [2.24, 2.45) is 5.73 Å². The molecule has 2 N–H and O–H groups in total. The fourth-order valence-corrected chi connectivity index (χ4v) is 2.01. The zero-order valence-electron chi connectivity index (χ0n) is 10.2. The van der Waals surface area contributed by atoms with Crippen molar-refractivity contribution in [1.29, 1.82) is 0 Å². The number of hydrogen-bond acceptors (Lipinski definition) is 4. The first-order chi connectivity index (χ1) is 9.51. The van der Waals surface area contributed by atoms with Crippen LogP contribution in [0.25, 0.3) is 0 Å². The van der Waals surface area contributed by atoms with E-state index in [1.54, 1.807) is 18.2 Å². The van der Waals surface area contributed by atoms with Crippen molar-refractivity contribution in [2.45, 2.75) is 6.54 Å². The van der Waals surface area contributed by atoms with Gasteiger partial charge in [-0.15, -0.1) is 0 Å². The molecule has 0 saturated heterocycles. The maximum atomic E-state index is 10.9. The third-order valence-electron chi connectivity index (χ3n) is 2.59. The van der Waals surface area contributed by atoms with Crippen molar-refractivity contribution >= 4 is 28.9 Å². The summed E-state index contributed by atoms with van der Waals surface area (Å²) in [5.74, 6) is 0.427. The average molecular weight is 313 g/mol. The third kappa shape index (κ3) is 3.19. The summed E-state index contributed by atoms with van der Waals surface area (Å²) in [5.41, 5.74) is 6.10. The molecule has 0 radical (unpaired) electrons. The van der Waals surface area contributed by atoms with E-state index >= 15 is 0 Å². The Labute approximate surface area is 125 Å². The van der Waals surface area contributed by atoms with Crippen LogP contribution in [-0.4, -0.2) is 4.92 Å². The van der Waals surface area contributed by atoms with E-state index in [-0.39, 0.29) is 11.4 Å². The van der Waals surface area contributed by atoms with Crippen molar-refractivity contribution < 1.29 is 9.66 Å². The lowest BCUT2D eigenvalue weighted by atomic mass is 10.2. The lowest BCUT2D eigenvalue weighted by Gasteiger charge is -2.08.